The summed E-state index contributed by atoms with van der Waals surface area (Å²) in [5, 5.41) is 3.84. The molecule has 7 heteroatoms. The molecule has 130 valence electrons. The van der Waals surface area contributed by atoms with Crippen molar-refractivity contribution in [1.82, 2.24) is 9.97 Å². The van der Waals surface area contributed by atoms with Crippen LogP contribution in [-0.2, 0) is 6.42 Å². The molecule has 0 radical (unpaired) electrons. The zero-order valence-electron chi connectivity index (χ0n) is 13.6. The Morgan fingerprint density at radius 2 is 1.81 bits per heavy atom. The van der Waals surface area contributed by atoms with E-state index in [9.17, 15) is 4.79 Å². The average Bonchev–Trinajstić information content (AvgIpc) is 3.10. The van der Waals surface area contributed by atoms with Crippen molar-refractivity contribution in [3.63, 3.8) is 0 Å². The Kier molecular flexibility index (Phi) is 4.49. The molecular weight excluding hydrogens is 371 g/mol. The monoisotopic (exact) mass is 384 g/mol. The Morgan fingerprint density at radius 3 is 2.62 bits per heavy atom. The van der Waals surface area contributed by atoms with E-state index < -0.39 is 0 Å². The fourth-order valence-corrected chi connectivity index (χ4v) is 3.28. The smallest absolute Gasteiger partial charge is 0.261 e. The van der Waals surface area contributed by atoms with Crippen LogP contribution in [0.5, 0.6) is 0 Å². The molecule has 26 heavy (non-hydrogen) atoms. The van der Waals surface area contributed by atoms with Gasteiger partial charge in [-0.3, -0.25) is 4.79 Å². The second-order valence-electron chi connectivity index (χ2n) is 5.86. The van der Waals surface area contributed by atoms with E-state index in [1.54, 1.807) is 23.1 Å². The summed E-state index contributed by atoms with van der Waals surface area (Å²) >= 11 is 12.1. The molecule has 2 aromatic carbocycles. The van der Waals surface area contributed by atoms with Gasteiger partial charge in [0.2, 0.25) is 5.95 Å². The number of hydrogen-bond donors (Lipinski definition) is 1. The molecule has 0 unspecified atom stereocenters. The minimum Gasteiger partial charge on any atom is -0.323 e. The van der Waals surface area contributed by atoms with Crippen molar-refractivity contribution in [2.24, 2.45) is 0 Å². The number of carbonyl (C=O) groups excluding carboxylic acids is 1. The molecule has 3 aromatic rings. The van der Waals surface area contributed by atoms with Crippen LogP contribution in [0.25, 0.3) is 0 Å². The lowest BCUT2D eigenvalue weighted by atomic mass is 10.2. The third-order valence-corrected chi connectivity index (χ3v) is 5.05. The van der Waals surface area contributed by atoms with Crippen molar-refractivity contribution in [2.45, 2.75) is 6.42 Å². The summed E-state index contributed by atoms with van der Waals surface area (Å²) in [6.07, 6.45) is 3.88. The number of aromatic nitrogens is 2. The number of amides is 1. The number of nitrogens with zero attached hydrogens (tertiary/aromatic N) is 3. The summed E-state index contributed by atoms with van der Waals surface area (Å²) in [6, 6.07) is 13.2. The molecule has 1 N–H and O–H groups in total. The highest BCUT2D eigenvalue weighted by Crippen LogP contribution is 2.31. The standard InChI is InChI=1S/C19H14Cl2N4O/c20-14-5-3-6-15(17(14)21)24-19-22-10-13(11-23-19)18(26)25-9-8-12-4-1-2-7-16(12)25/h1-7,10-11H,8-9H2,(H,22,23,24). The van der Waals surface area contributed by atoms with Gasteiger partial charge in [-0.15, -0.1) is 0 Å². The number of hydrogen-bond acceptors (Lipinski definition) is 4. The zero-order valence-corrected chi connectivity index (χ0v) is 15.1. The third-order valence-electron chi connectivity index (χ3n) is 4.23. The Hall–Kier alpha value is -2.63. The summed E-state index contributed by atoms with van der Waals surface area (Å²) < 4.78 is 0. The Bertz CT molecular complexity index is 976. The van der Waals surface area contributed by atoms with Gasteiger partial charge in [0.15, 0.2) is 0 Å². The SMILES string of the molecule is O=C(c1cnc(Nc2cccc(Cl)c2Cl)nc1)N1CCc2ccccc21. The molecule has 1 aromatic heterocycles. The van der Waals surface area contributed by atoms with E-state index in [1.807, 2.05) is 24.3 Å². The molecule has 0 fully saturated rings. The van der Waals surface area contributed by atoms with Gasteiger partial charge in [-0.05, 0) is 30.2 Å². The van der Waals surface area contributed by atoms with Crippen molar-refractivity contribution >= 4 is 46.4 Å². The number of anilines is 3. The first-order valence-corrected chi connectivity index (χ1v) is 8.82. The predicted octanol–water partition coefficient (Wildman–Crippen LogP) is 4.73. The van der Waals surface area contributed by atoms with E-state index in [1.165, 1.54) is 18.0 Å². The van der Waals surface area contributed by atoms with E-state index in [4.69, 9.17) is 23.2 Å². The van der Waals surface area contributed by atoms with Gasteiger partial charge in [0.1, 0.15) is 0 Å². The normalized spacial score (nSPS) is 12.8. The average molecular weight is 385 g/mol. The van der Waals surface area contributed by atoms with E-state index in [2.05, 4.69) is 15.3 Å². The Morgan fingerprint density at radius 1 is 1.04 bits per heavy atom. The molecule has 0 saturated heterocycles. The van der Waals surface area contributed by atoms with Crippen LogP contribution in [0.15, 0.2) is 54.9 Å². The van der Waals surface area contributed by atoms with Gasteiger partial charge in [-0.2, -0.15) is 0 Å². The summed E-state index contributed by atoms with van der Waals surface area (Å²) in [4.78, 5) is 23.0. The van der Waals surface area contributed by atoms with Gasteiger partial charge in [-0.1, -0.05) is 47.5 Å². The highest BCUT2D eigenvalue weighted by atomic mass is 35.5. The fourth-order valence-electron chi connectivity index (χ4n) is 2.93. The van der Waals surface area contributed by atoms with Gasteiger partial charge < -0.3 is 10.2 Å². The van der Waals surface area contributed by atoms with Crippen molar-refractivity contribution in [3.05, 3.63) is 76.0 Å². The van der Waals surface area contributed by atoms with Crippen LogP contribution in [0.1, 0.15) is 15.9 Å². The van der Waals surface area contributed by atoms with Crippen LogP contribution in [-0.4, -0.2) is 22.4 Å². The highest BCUT2D eigenvalue weighted by Gasteiger charge is 2.25. The van der Waals surface area contributed by atoms with Crippen LogP contribution in [0.3, 0.4) is 0 Å². The van der Waals surface area contributed by atoms with Crippen molar-refractivity contribution in [2.75, 3.05) is 16.8 Å². The first-order chi connectivity index (χ1) is 12.6. The summed E-state index contributed by atoms with van der Waals surface area (Å²) in [5.74, 6) is 0.231. The van der Waals surface area contributed by atoms with Crippen molar-refractivity contribution < 1.29 is 4.79 Å². The summed E-state index contributed by atoms with van der Waals surface area (Å²) in [7, 11) is 0. The minimum atomic E-state index is -0.109. The molecule has 0 aliphatic carbocycles. The molecule has 0 saturated carbocycles. The molecule has 0 spiro atoms. The summed E-state index contributed by atoms with van der Waals surface area (Å²) in [6.45, 7) is 0.663. The first-order valence-electron chi connectivity index (χ1n) is 8.06. The van der Waals surface area contributed by atoms with Crippen LogP contribution < -0.4 is 10.2 Å². The Labute approximate surface area is 160 Å². The van der Waals surface area contributed by atoms with Gasteiger partial charge in [0.05, 0.1) is 21.3 Å². The summed E-state index contributed by atoms with van der Waals surface area (Å²) in [5.41, 5.74) is 3.16. The maximum Gasteiger partial charge on any atom is 0.261 e. The molecular formula is C19H14Cl2N4O. The maximum absolute atomic E-state index is 12.8. The van der Waals surface area contributed by atoms with Crippen LogP contribution in [0, 0.1) is 0 Å². The van der Waals surface area contributed by atoms with Crippen LogP contribution in [0.4, 0.5) is 17.3 Å². The topological polar surface area (TPSA) is 58.1 Å². The second kappa shape index (κ2) is 6.94. The van der Waals surface area contributed by atoms with Gasteiger partial charge in [-0.25, -0.2) is 9.97 Å². The highest BCUT2D eigenvalue weighted by molar-refractivity contribution is 6.43. The largest absolute Gasteiger partial charge is 0.323 e. The molecule has 2 heterocycles. The van der Waals surface area contributed by atoms with E-state index >= 15 is 0 Å². The van der Waals surface area contributed by atoms with E-state index in [0.29, 0.717) is 33.8 Å². The van der Waals surface area contributed by atoms with Crippen molar-refractivity contribution in [1.29, 1.82) is 0 Å². The zero-order chi connectivity index (χ0) is 18.1. The van der Waals surface area contributed by atoms with Crippen LogP contribution >= 0.6 is 23.2 Å². The molecule has 1 amide bonds. The minimum absolute atomic E-state index is 0.109. The maximum atomic E-state index is 12.8. The van der Waals surface area contributed by atoms with Crippen LogP contribution in [0.2, 0.25) is 10.0 Å². The number of benzene rings is 2. The number of nitrogens with one attached hydrogen (secondary N) is 1. The second-order valence-corrected chi connectivity index (χ2v) is 6.64. The number of fused-ring (bicyclic) bond motifs is 1. The van der Waals surface area contributed by atoms with Gasteiger partial charge in [0, 0.05) is 24.6 Å². The van der Waals surface area contributed by atoms with Gasteiger partial charge >= 0.3 is 0 Å². The molecule has 1 aliphatic heterocycles. The lowest BCUT2D eigenvalue weighted by Gasteiger charge is -2.17. The molecule has 0 atom stereocenters. The van der Waals surface area contributed by atoms with Gasteiger partial charge in [0.25, 0.3) is 5.91 Å². The third kappa shape index (κ3) is 3.11. The Balaban J connectivity index is 1.53. The molecule has 1 aliphatic rings. The fraction of sp³-hybridized carbons (Fsp3) is 0.105. The molecule has 5 nitrogen and oxygen atoms in total. The first kappa shape index (κ1) is 16.8. The number of para-hydroxylation sites is 1. The number of halogens is 2. The lowest BCUT2D eigenvalue weighted by Crippen LogP contribution is -2.29. The number of carbonyl (C=O) groups is 1. The lowest BCUT2D eigenvalue weighted by molar-refractivity contribution is 0.0988. The quantitative estimate of drug-likeness (QED) is 0.708. The number of rotatable bonds is 3. The van der Waals surface area contributed by atoms with E-state index in [-0.39, 0.29) is 5.91 Å². The predicted molar refractivity (Wildman–Crippen MR) is 104 cm³/mol. The van der Waals surface area contributed by atoms with E-state index in [0.717, 1.165) is 12.1 Å². The van der Waals surface area contributed by atoms with Crippen molar-refractivity contribution in [3.8, 4) is 0 Å². The molecule has 0 bridgehead atoms. The molecule has 4 rings (SSSR count).